The van der Waals surface area contributed by atoms with Gasteiger partial charge in [0, 0.05) is 4.47 Å². The third kappa shape index (κ3) is 3.81. The molecule has 1 aromatic carbocycles. The molecule has 0 bridgehead atoms. The molecule has 0 N–H and O–H groups in total. The molecular weight excluding hydrogens is 240 g/mol. The van der Waals surface area contributed by atoms with Crippen LogP contribution >= 0.6 is 15.9 Å². The number of hydrogen-bond donors (Lipinski definition) is 0. The molecule has 0 unspecified atom stereocenters. The van der Waals surface area contributed by atoms with Gasteiger partial charge in [-0.3, -0.25) is 0 Å². The molecule has 1 nitrogen and oxygen atoms in total. The molecule has 0 saturated carbocycles. The summed E-state index contributed by atoms with van der Waals surface area (Å²) in [5, 5.41) is 0. The minimum atomic E-state index is -0.0255. The molecule has 0 aliphatic rings. The van der Waals surface area contributed by atoms with Gasteiger partial charge in [0.2, 0.25) is 0 Å². The summed E-state index contributed by atoms with van der Waals surface area (Å²) in [7, 11) is 0. The average molecular weight is 257 g/mol. The summed E-state index contributed by atoms with van der Waals surface area (Å²) in [6.07, 6.45) is 1.03. The van der Waals surface area contributed by atoms with Crippen LogP contribution in [0, 0.1) is 0 Å². The first kappa shape index (κ1) is 11.7. The molecule has 2 heteroatoms. The molecule has 0 spiro atoms. The molecule has 1 aromatic rings. The van der Waals surface area contributed by atoms with Crippen molar-refractivity contribution in [3.8, 4) is 0 Å². The summed E-state index contributed by atoms with van der Waals surface area (Å²) >= 11 is 3.44. The minimum absolute atomic E-state index is 0.0255. The molecule has 0 aromatic heterocycles. The highest BCUT2D eigenvalue weighted by atomic mass is 79.9. The van der Waals surface area contributed by atoms with Crippen molar-refractivity contribution in [2.75, 3.05) is 0 Å². The van der Waals surface area contributed by atoms with Gasteiger partial charge in [0.15, 0.2) is 0 Å². The summed E-state index contributed by atoms with van der Waals surface area (Å²) in [6, 6.07) is 8.22. The van der Waals surface area contributed by atoms with Gasteiger partial charge in [-0.15, -0.1) is 0 Å². The van der Waals surface area contributed by atoms with Crippen molar-refractivity contribution >= 4 is 15.9 Å². The summed E-state index contributed by atoms with van der Waals surface area (Å²) in [6.45, 7) is 7.05. The van der Waals surface area contributed by atoms with E-state index >= 15 is 0 Å². The second-order valence-electron chi connectivity index (χ2n) is 4.03. The van der Waals surface area contributed by atoms with Crippen molar-refractivity contribution in [2.24, 2.45) is 0 Å². The Bertz CT molecular complexity index is 294. The number of benzene rings is 1. The molecule has 0 heterocycles. The van der Waals surface area contributed by atoms with Gasteiger partial charge in [-0.25, -0.2) is 0 Å². The van der Waals surface area contributed by atoms with E-state index in [1.165, 1.54) is 5.56 Å². The van der Waals surface area contributed by atoms with Gasteiger partial charge in [0.05, 0.1) is 12.2 Å². The lowest BCUT2D eigenvalue weighted by atomic mass is 10.1. The summed E-state index contributed by atoms with van der Waals surface area (Å²) in [4.78, 5) is 0. The van der Waals surface area contributed by atoms with Crippen LogP contribution in [-0.4, -0.2) is 5.60 Å². The second-order valence-corrected chi connectivity index (χ2v) is 4.95. The Labute approximate surface area is 94.6 Å². The predicted molar refractivity (Wildman–Crippen MR) is 63.3 cm³/mol. The molecule has 14 heavy (non-hydrogen) atoms. The van der Waals surface area contributed by atoms with Crippen molar-refractivity contribution in [3.05, 3.63) is 34.3 Å². The lowest BCUT2D eigenvalue weighted by Crippen LogP contribution is -2.22. The maximum absolute atomic E-state index is 5.80. The molecule has 0 fully saturated rings. The van der Waals surface area contributed by atoms with E-state index in [1.54, 1.807) is 0 Å². The summed E-state index contributed by atoms with van der Waals surface area (Å²) in [5.41, 5.74) is 1.18. The maximum Gasteiger partial charge on any atom is 0.0724 e. The van der Waals surface area contributed by atoms with Crippen LogP contribution in [0.2, 0.25) is 0 Å². The van der Waals surface area contributed by atoms with Gasteiger partial charge in [0.1, 0.15) is 0 Å². The zero-order valence-electron chi connectivity index (χ0n) is 9.01. The van der Waals surface area contributed by atoms with E-state index in [1.807, 2.05) is 12.1 Å². The van der Waals surface area contributed by atoms with Gasteiger partial charge in [-0.1, -0.05) is 35.0 Å². The normalized spacial score (nSPS) is 11.7. The van der Waals surface area contributed by atoms with E-state index in [9.17, 15) is 0 Å². The topological polar surface area (TPSA) is 9.23 Å². The monoisotopic (exact) mass is 256 g/mol. The van der Waals surface area contributed by atoms with Crippen LogP contribution in [0.3, 0.4) is 0 Å². The van der Waals surface area contributed by atoms with Gasteiger partial charge in [0.25, 0.3) is 0 Å². The van der Waals surface area contributed by atoms with E-state index in [-0.39, 0.29) is 5.60 Å². The molecular formula is C12H17BrO. The molecule has 1 rings (SSSR count). The fourth-order valence-corrected chi connectivity index (χ4v) is 1.45. The van der Waals surface area contributed by atoms with E-state index < -0.39 is 0 Å². The quantitative estimate of drug-likeness (QED) is 0.787. The summed E-state index contributed by atoms with van der Waals surface area (Å²) < 4.78 is 6.90. The first-order valence-corrected chi connectivity index (χ1v) is 5.71. The van der Waals surface area contributed by atoms with Crippen molar-refractivity contribution in [1.29, 1.82) is 0 Å². The zero-order chi connectivity index (χ0) is 10.6. The lowest BCUT2D eigenvalue weighted by Gasteiger charge is -2.23. The van der Waals surface area contributed by atoms with E-state index in [0.717, 1.165) is 10.9 Å². The average Bonchev–Trinajstić information content (AvgIpc) is 2.15. The Morgan fingerprint density at radius 1 is 1.36 bits per heavy atom. The second kappa shape index (κ2) is 4.94. The molecule has 0 saturated heterocycles. The van der Waals surface area contributed by atoms with Crippen LogP contribution in [0.15, 0.2) is 28.7 Å². The van der Waals surface area contributed by atoms with Gasteiger partial charge in [-0.2, -0.15) is 0 Å². The first-order valence-electron chi connectivity index (χ1n) is 4.92. The Morgan fingerprint density at radius 2 is 2.07 bits per heavy atom. The molecule has 0 radical (unpaired) electrons. The Balaban J connectivity index is 2.54. The smallest absolute Gasteiger partial charge is 0.0724 e. The lowest BCUT2D eigenvalue weighted by molar-refractivity contribution is -0.0316. The van der Waals surface area contributed by atoms with Crippen molar-refractivity contribution in [2.45, 2.75) is 39.4 Å². The third-order valence-electron chi connectivity index (χ3n) is 2.37. The van der Waals surface area contributed by atoms with E-state index in [2.05, 4.69) is 48.8 Å². The van der Waals surface area contributed by atoms with Gasteiger partial charge < -0.3 is 4.74 Å². The zero-order valence-corrected chi connectivity index (χ0v) is 10.6. The fourth-order valence-electron chi connectivity index (χ4n) is 1.01. The number of hydrogen-bond acceptors (Lipinski definition) is 1. The summed E-state index contributed by atoms with van der Waals surface area (Å²) in [5.74, 6) is 0. The minimum Gasteiger partial charge on any atom is -0.371 e. The Kier molecular flexibility index (Phi) is 4.14. The number of ether oxygens (including phenoxy) is 1. The highest BCUT2D eigenvalue weighted by molar-refractivity contribution is 9.10. The molecule has 78 valence electrons. The van der Waals surface area contributed by atoms with Crippen LogP contribution in [0.4, 0.5) is 0 Å². The molecule has 0 aliphatic heterocycles. The SMILES string of the molecule is CCC(C)(C)OCc1cccc(Br)c1. The van der Waals surface area contributed by atoms with Crippen molar-refractivity contribution in [1.82, 2.24) is 0 Å². The van der Waals surface area contributed by atoms with Crippen LogP contribution in [0.5, 0.6) is 0 Å². The fraction of sp³-hybridized carbons (Fsp3) is 0.500. The Hall–Kier alpha value is -0.340. The van der Waals surface area contributed by atoms with Gasteiger partial charge in [-0.05, 0) is 38.0 Å². The van der Waals surface area contributed by atoms with Crippen LogP contribution in [0.25, 0.3) is 0 Å². The highest BCUT2D eigenvalue weighted by Gasteiger charge is 2.14. The number of halogens is 1. The standard InChI is InChI=1S/C12H17BrO/c1-4-12(2,3)14-9-10-6-5-7-11(13)8-10/h5-8H,4,9H2,1-3H3. The van der Waals surface area contributed by atoms with E-state index in [4.69, 9.17) is 4.74 Å². The maximum atomic E-state index is 5.80. The van der Waals surface area contributed by atoms with Crippen LogP contribution < -0.4 is 0 Å². The molecule has 0 atom stereocenters. The first-order chi connectivity index (χ1) is 6.53. The Morgan fingerprint density at radius 3 is 2.64 bits per heavy atom. The predicted octanol–water partition coefficient (Wildman–Crippen LogP) is 4.15. The van der Waals surface area contributed by atoms with E-state index in [0.29, 0.717) is 6.61 Å². The molecule has 0 aliphatic carbocycles. The molecule has 0 amide bonds. The number of rotatable bonds is 4. The highest BCUT2D eigenvalue weighted by Crippen LogP contribution is 2.18. The van der Waals surface area contributed by atoms with Gasteiger partial charge >= 0.3 is 0 Å². The van der Waals surface area contributed by atoms with Crippen LogP contribution in [0.1, 0.15) is 32.8 Å². The van der Waals surface area contributed by atoms with Crippen LogP contribution in [-0.2, 0) is 11.3 Å². The third-order valence-corrected chi connectivity index (χ3v) is 2.86. The van der Waals surface area contributed by atoms with Crippen molar-refractivity contribution < 1.29 is 4.74 Å². The van der Waals surface area contributed by atoms with Crippen molar-refractivity contribution in [3.63, 3.8) is 0 Å². The largest absolute Gasteiger partial charge is 0.371 e.